The molecule has 0 aliphatic carbocycles. The molecule has 4 heteroatoms. The van der Waals surface area contributed by atoms with Crippen LogP contribution >= 0.6 is 0 Å². The van der Waals surface area contributed by atoms with E-state index in [-0.39, 0.29) is 11.7 Å². The van der Waals surface area contributed by atoms with Crippen LogP contribution in [0.3, 0.4) is 0 Å². The van der Waals surface area contributed by atoms with Gasteiger partial charge in [0.15, 0.2) is 0 Å². The van der Waals surface area contributed by atoms with Gasteiger partial charge in [0.2, 0.25) is 0 Å². The van der Waals surface area contributed by atoms with Crippen LogP contribution in [0.2, 0.25) is 0 Å². The number of carbonyl (C=O) groups is 1. The predicted molar refractivity (Wildman–Crippen MR) is 69.1 cm³/mol. The van der Waals surface area contributed by atoms with Gasteiger partial charge in [0, 0.05) is 19.1 Å². The van der Waals surface area contributed by atoms with E-state index in [1.54, 1.807) is 0 Å². The minimum absolute atomic E-state index is 0.154. The zero-order valence-corrected chi connectivity index (χ0v) is 11.7. The van der Waals surface area contributed by atoms with Crippen molar-refractivity contribution in [3.63, 3.8) is 0 Å². The fourth-order valence-electron chi connectivity index (χ4n) is 2.35. The Bertz CT molecular complexity index is 261. The lowest BCUT2D eigenvalue weighted by Crippen LogP contribution is -2.43. The number of carbonyl (C=O) groups excluding carboxylic acids is 1. The van der Waals surface area contributed by atoms with Crippen molar-refractivity contribution in [2.45, 2.75) is 52.7 Å². The number of likely N-dealkylation sites (tertiary alicyclic amines) is 1. The second kappa shape index (κ2) is 5.71. The first-order valence-electron chi connectivity index (χ1n) is 6.66. The molecule has 2 bridgehead atoms. The highest BCUT2D eigenvalue weighted by Crippen LogP contribution is 2.27. The Labute approximate surface area is 105 Å². The summed E-state index contributed by atoms with van der Waals surface area (Å²) in [6.07, 6.45) is 0.977. The molecular formula is C13H26N2O2. The maximum atomic E-state index is 11.9. The van der Waals surface area contributed by atoms with E-state index in [9.17, 15) is 4.79 Å². The molecule has 2 saturated heterocycles. The summed E-state index contributed by atoms with van der Waals surface area (Å²) in [6.45, 7) is 12.5. The van der Waals surface area contributed by atoms with Crippen molar-refractivity contribution in [3.05, 3.63) is 0 Å². The van der Waals surface area contributed by atoms with Crippen LogP contribution in [0.25, 0.3) is 0 Å². The Balaban J connectivity index is 0.000000686. The van der Waals surface area contributed by atoms with E-state index >= 15 is 0 Å². The number of piperidine rings is 1. The number of fused-ring (bicyclic) bond motifs is 2. The molecule has 2 heterocycles. The van der Waals surface area contributed by atoms with Gasteiger partial charge in [-0.05, 0) is 39.7 Å². The van der Waals surface area contributed by atoms with Crippen LogP contribution in [0.4, 0.5) is 4.79 Å². The second-order valence-electron chi connectivity index (χ2n) is 5.55. The molecule has 0 aromatic heterocycles. The van der Waals surface area contributed by atoms with Crippen molar-refractivity contribution in [2.24, 2.45) is 5.92 Å². The molecule has 1 amide bonds. The average Bonchev–Trinajstić information content (AvgIpc) is 2.54. The van der Waals surface area contributed by atoms with Crippen molar-refractivity contribution >= 4 is 6.09 Å². The Morgan fingerprint density at radius 1 is 1.29 bits per heavy atom. The molecule has 4 nitrogen and oxygen atoms in total. The van der Waals surface area contributed by atoms with Gasteiger partial charge in [0.25, 0.3) is 0 Å². The average molecular weight is 242 g/mol. The van der Waals surface area contributed by atoms with Crippen LogP contribution in [0.15, 0.2) is 0 Å². The first kappa shape index (κ1) is 14.3. The minimum Gasteiger partial charge on any atom is -0.444 e. The first-order chi connectivity index (χ1) is 7.96. The molecule has 17 heavy (non-hydrogen) atoms. The van der Waals surface area contributed by atoms with Crippen molar-refractivity contribution < 1.29 is 9.53 Å². The number of amides is 1. The third kappa shape index (κ3) is 3.87. The van der Waals surface area contributed by atoms with Crippen molar-refractivity contribution in [1.29, 1.82) is 0 Å². The lowest BCUT2D eigenvalue weighted by atomic mass is 10.0. The van der Waals surface area contributed by atoms with Crippen molar-refractivity contribution in [2.75, 3.05) is 19.6 Å². The van der Waals surface area contributed by atoms with Gasteiger partial charge in [-0.15, -0.1) is 0 Å². The van der Waals surface area contributed by atoms with Crippen molar-refractivity contribution in [3.8, 4) is 0 Å². The van der Waals surface area contributed by atoms with E-state index in [0.717, 1.165) is 26.1 Å². The Morgan fingerprint density at radius 3 is 2.47 bits per heavy atom. The summed E-state index contributed by atoms with van der Waals surface area (Å²) < 4.78 is 5.39. The molecule has 2 unspecified atom stereocenters. The van der Waals surface area contributed by atoms with Crippen LogP contribution in [0.1, 0.15) is 41.0 Å². The molecule has 2 aliphatic rings. The molecule has 2 atom stereocenters. The molecule has 0 saturated carbocycles. The van der Waals surface area contributed by atoms with Crippen molar-refractivity contribution in [1.82, 2.24) is 10.2 Å². The molecular weight excluding hydrogens is 216 g/mol. The van der Waals surface area contributed by atoms with E-state index in [4.69, 9.17) is 4.74 Å². The number of nitrogens with one attached hydrogen (secondary N) is 1. The summed E-state index contributed by atoms with van der Waals surface area (Å²) in [6, 6.07) is 0.346. The minimum atomic E-state index is -0.388. The zero-order valence-electron chi connectivity index (χ0n) is 11.7. The summed E-state index contributed by atoms with van der Waals surface area (Å²) >= 11 is 0. The third-order valence-electron chi connectivity index (χ3n) is 2.94. The maximum Gasteiger partial charge on any atom is 0.410 e. The van der Waals surface area contributed by atoms with E-state index < -0.39 is 0 Å². The van der Waals surface area contributed by atoms with Gasteiger partial charge >= 0.3 is 6.09 Å². The highest BCUT2D eigenvalue weighted by atomic mass is 16.6. The Morgan fingerprint density at radius 2 is 1.94 bits per heavy atom. The summed E-state index contributed by atoms with van der Waals surface area (Å²) in [5.74, 6) is 0.622. The largest absolute Gasteiger partial charge is 0.444 e. The predicted octanol–water partition coefficient (Wildman–Crippen LogP) is 2.24. The van der Waals surface area contributed by atoms with Crippen LogP contribution in [0, 0.1) is 5.92 Å². The van der Waals surface area contributed by atoms with E-state index in [1.165, 1.54) is 0 Å². The molecule has 2 rings (SSSR count). The monoisotopic (exact) mass is 242 g/mol. The number of hydrogen-bond donors (Lipinski definition) is 1. The smallest absolute Gasteiger partial charge is 0.410 e. The number of ether oxygens (including phenoxy) is 1. The van der Waals surface area contributed by atoms with Crippen LogP contribution < -0.4 is 5.32 Å². The lowest BCUT2D eigenvalue weighted by Gasteiger charge is -2.28. The normalized spacial score (nSPS) is 27.2. The number of nitrogens with zero attached hydrogens (tertiary/aromatic N) is 1. The first-order valence-corrected chi connectivity index (χ1v) is 6.66. The summed E-state index contributed by atoms with van der Waals surface area (Å²) in [5, 5.41) is 3.35. The van der Waals surface area contributed by atoms with Crippen LogP contribution in [-0.4, -0.2) is 42.3 Å². The summed E-state index contributed by atoms with van der Waals surface area (Å²) in [7, 11) is 0. The quantitative estimate of drug-likeness (QED) is 0.708. The van der Waals surface area contributed by atoms with Gasteiger partial charge in [0.1, 0.15) is 5.60 Å². The Hall–Kier alpha value is -0.770. The summed E-state index contributed by atoms with van der Waals surface area (Å²) in [4.78, 5) is 13.8. The molecule has 2 fully saturated rings. The topological polar surface area (TPSA) is 41.6 Å². The SMILES string of the molecule is CC.CC(C)(C)OC(=O)N1CC2CNCC1C2. The molecule has 0 radical (unpaired) electrons. The van der Waals surface area contributed by atoms with Gasteiger partial charge in [-0.2, -0.15) is 0 Å². The van der Waals surface area contributed by atoms with Gasteiger partial charge in [-0.3, -0.25) is 0 Å². The molecule has 100 valence electrons. The molecule has 0 spiro atoms. The molecule has 2 aliphatic heterocycles. The van der Waals surface area contributed by atoms with E-state index in [1.807, 2.05) is 39.5 Å². The van der Waals surface area contributed by atoms with Gasteiger partial charge in [-0.25, -0.2) is 4.79 Å². The van der Waals surface area contributed by atoms with Gasteiger partial charge in [0.05, 0.1) is 0 Å². The lowest BCUT2D eigenvalue weighted by molar-refractivity contribution is 0.0231. The highest BCUT2D eigenvalue weighted by molar-refractivity contribution is 5.69. The van der Waals surface area contributed by atoms with E-state index in [2.05, 4.69) is 5.32 Å². The third-order valence-corrected chi connectivity index (χ3v) is 2.94. The second-order valence-corrected chi connectivity index (χ2v) is 5.55. The van der Waals surface area contributed by atoms with Crippen LogP contribution in [0.5, 0.6) is 0 Å². The molecule has 0 aromatic rings. The van der Waals surface area contributed by atoms with Crippen LogP contribution in [-0.2, 0) is 4.74 Å². The number of hydrogen-bond acceptors (Lipinski definition) is 3. The van der Waals surface area contributed by atoms with Gasteiger partial charge in [-0.1, -0.05) is 13.8 Å². The summed E-state index contributed by atoms with van der Waals surface area (Å²) in [5.41, 5.74) is -0.388. The maximum absolute atomic E-state index is 11.9. The van der Waals surface area contributed by atoms with E-state index in [0.29, 0.717) is 12.0 Å². The highest BCUT2D eigenvalue weighted by Gasteiger charge is 2.39. The fraction of sp³-hybridized carbons (Fsp3) is 0.923. The standard InChI is InChI=1S/C11H20N2O2.C2H6/c1-11(2,3)15-10(14)13-7-8-4-9(13)6-12-5-8;1-2/h8-9,12H,4-7H2,1-3H3;1-2H3. The fourth-order valence-corrected chi connectivity index (χ4v) is 2.35. The Kier molecular flexibility index (Phi) is 4.80. The zero-order chi connectivity index (χ0) is 13.1. The molecule has 1 N–H and O–H groups in total. The molecule has 0 aromatic carbocycles. The number of rotatable bonds is 0. The van der Waals surface area contributed by atoms with Gasteiger partial charge < -0.3 is 15.0 Å².